The van der Waals surface area contributed by atoms with Crippen LogP contribution in [0.5, 0.6) is 5.75 Å². The Morgan fingerprint density at radius 1 is 0.926 bits per heavy atom. The predicted octanol–water partition coefficient (Wildman–Crippen LogP) is 4.69. The van der Waals surface area contributed by atoms with Crippen molar-refractivity contribution in [3.05, 3.63) is 78.5 Å². The molecule has 0 aliphatic heterocycles. The second-order valence-electron chi connectivity index (χ2n) is 5.94. The summed E-state index contributed by atoms with van der Waals surface area (Å²) in [7, 11) is 1.64. The van der Waals surface area contributed by atoms with Gasteiger partial charge in [-0.3, -0.25) is 4.98 Å². The lowest BCUT2D eigenvalue weighted by molar-refractivity contribution is 0.415. The van der Waals surface area contributed by atoms with E-state index in [1.807, 2.05) is 54.6 Å². The number of nitrogens with zero attached hydrogens (tertiary/aromatic N) is 3. The molecule has 0 bridgehead atoms. The van der Waals surface area contributed by atoms with Crippen LogP contribution in [-0.4, -0.2) is 22.1 Å². The van der Waals surface area contributed by atoms with Crippen LogP contribution in [0.25, 0.3) is 34.0 Å². The van der Waals surface area contributed by atoms with E-state index in [-0.39, 0.29) is 0 Å². The van der Waals surface area contributed by atoms with Crippen LogP contribution >= 0.6 is 0 Å². The minimum absolute atomic E-state index is 0.616. The average Bonchev–Trinajstić information content (AvgIpc) is 3.20. The summed E-state index contributed by atoms with van der Waals surface area (Å²) in [5, 5.41) is 9.00. The van der Waals surface area contributed by atoms with Crippen LogP contribution in [0.2, 0.25) is 0 Å². The van der Waals surface area contributed by atoms with Crippen LogP contribution in [0.1, 0.15) is 5.56 Å². The van der Waals surface area contributed by atoms with Crippen molar-refractivity contribution in [1.29, 1.82) is 5.26 Å². The largest absolute Gasteiger partial charge is 0.497 e. The van der Waals surface area contributed by atoms with Gasteiger partial charge in [0.1, 0.15) is 11.6 Å². The third-order valence-electron chi connectivity index (χ3n) is 4.28. The number of ether oxygens (including phenoxy) is 1. The van der Waals surface area contributed by atoms with Crippen molar-refractivity contribution in [2.45, 2.75) is 0 Å². The van der Waals surface area contributed by atoms with Crippen molar-refractivity contribution in [2.75, 3.05) is 7.11 Å². The van der Waals surface area contributed by atoms with Gasteiger partial charge >= 0.3 is 0 Å². The minimum atomic E-state index is 0.616. The van der Waals surface area contributed by atoms with E-state index < -0.39 is 0 Å². The Morgan fingerprint density at radius 3 is 2.30 bits per heavy atom. The fraction of sp³-hybridized carbons (Fsp3) is 0.0455. The molecule has 0 fully saturated rings. The SMILES string of the molecule is COc1ccc(-c2nc(-c3ccc(C#N)cc3)[nH]c2-c2ccccn2)cc1. The third kappa shape index (κ3) is 3.29. The molecule has 0 spiro atoms. The van der Waals surface area contributed by atoms with E-state index in [1.165, 1.54) is 0 Å². The molecule has 5 heteroatoms. The van der Waals surface area contributed by atoms with Crippen molar-refractivity contribution in [3.8, 4) is 45.9 Å². The molecule has 5 nitrogen and oxygen atoms in total. The fourth-order valence-electron chi connectivity index (χ4n) is 2.87. The molecular formula is C22H16N4O. The first kappa shape index (κ1) is 16.6. The number of hydrogen-bond donors (Lipinski definition) is 1. The van der Waals surface area contributed by atoms with Gasteiger partial charge in [-0.25, -0.2) is 4.98 Å². The predicted molar refractivity (Wildman–Crippen MR) is 104 cm³/mol. The molecule has 0 radical (unpaired) electrons. The molecule has 0 unspecified atom stereocenters. The highest BCUT2D eigenvalue weighted by Gasteiger charge is 2.16. The molecular weight excluding hydrogens is 336 g/mol. The molecule has 27 heavy (non-hydrogen) atoms. The van der Waals surface area contributed by atoms with E-state index in [4.69, 9.17) is 15.0 Å². The summed E-state index contributed by atoms with van der Waals surface area (Å²) in [6.07, 6.45) is 1.76. The number of H-pyrrole nitrogens is 1. The van der Waals surface area contributed by atoms with Gasteiger partial charge in [0, 0.05) is 17.3 Å². The Bertz CT molecular complexity index is 1090. The molecule has 2 aromatic heterocycles. The molecule has 4 aromatic rings. The lowest BCUT2D eigenvalue weighted by Crippen LogP contribution is -1.87. The zero-order valence-electron chi connectivity index (χ0n) is 14.7. The van der Waals surface area contributed by atoms with Crippen LogP contribution in [-0.2, 0) is 0 Å². The first-order valence-corrected chi connectivity index (χ1v) is 8.45. The van der Waals surface area contributed by atoms with Gasteiger partial charge < -0.3 is 9.72 Å². The second-order valence-corrected chi connectivity index (χ2v) is 5.94. The van der Waals surface area contributed by atoms with Gasteiger partial charge in [-0.2, -0.15) is 5.26 Å². The maximum absolute atomic E-state index is 9.00. The van der Waals surface area contributed by atoms with Crippen molar-refractivity contribution < 1.29 is 4.74 Å². The van der Waals surface area contributed by atoms with Crippen molar-refractivity contribution >= 4 is 0 Å². The summed E-state index contributed by atoms with van der Waals surface area (Å²) < 4.78 is 5.25. The number of rotatable bonds is 4. The van der Waals surface area contributed by atoms with Crippen LogP contribution in [0.3, 0.4) is 0 Å². The number of aromatic amines is 1. The Labute approximate surface area is 156 Å². The molecule has 0 amide bonds. The molecule has 0 aliphatic rings. The zero-order chi connectivity index (χ0) is 18.6. The molecule has 0 atom stereocenters. The molecule has 0 aliphatic carbocycles. The molecule has 130 valence electrons. The van der Waals surface area contributed by atoms with Crippen molar-refractivity contribution in [3.63, 3.8) is 0 Å². The molecule has 0 saturated carbocycles. The van der Waals surface area contributed by atoms with E-state index in [0.717, 1.165) is 39.8 Å². The topological polar surface area (TPSA) is 74.6 Å². The Kier molecular flexibility index (Phi) is 4.38. The van der Waals surface area contributed by atoms with Crippen LogP contribution in [0.4, 0.5) is 0 Å². The average molecular weight is 352 g/mol. The molecule has 0 saturated heterocycles. The number of benzene rings is 2. The van der Waals surface area contributed by atoms with E-state index in [0.29, 0.717) is 5.56 Å². The standard InChI is InChI=1S/C22H16N4O/c1-27-18-11-9-16(10-12-18)20-21(19-4-2-3-13-24-19)26-22(25-20)17-7-5-15(14-23)6-8-17/h2-13H,1H3,(H,25,26). The number of imidazole rings is 1. The van der Waals surface area contributed by atoms with Crippen LogP contribution < -0.4 is 4.74 Å². The summed E-state index contributed by atoms with van der Waals surface area (Å²) in [6, 6.07) is 23.0. The molecule has 2 aromatic carbocycles. The first-order valence-electron chi connectivity index (χ1n) is 8.45. The number of aromatic nitrogens is 3. The highest BCUT2D eigenvalue weighted by Crippen LogP contribution is 2.32. The first-order chi connectivity index (χ1) is 13.3. The van der Waals surface area contributed by atoms with Crippen LogP contribution in [0.15, 0.2) is 72.9 Å². The van der Waals surface area contributed by atoms with Crippen LogP contribution in [0, 0.1) is 11.3 Å². The van der Waals surface area contributed by atoms with Gasteiger partial charge in [-0.1, -0.05) is 6.07 Å². The number of hydrogen-bond acceptors (Lipinski definition) is 4. The quantitative estimate of drug-likeness (QED) is 0.578. The number of pyridine rings is 1. The fourth-order valence-corrected chi connectivity index (χ4v) is 2.87. The van der Waals surface area contributed by atoms with Gasteiger partial charge in [-0.05, 0) is 60.7 Å². The zero-order valence-corrected chi connectivity index (χ0v) is 14.7. The van der Waals surface area contributed by atoms with E-state index in [1.54, 1.807) is 25.4 Å². The molecule has 4 rings (SSSR count). The summed E-state index contributed by atoms with van der Waals surface area (Å²) in [6.45, 7) is 0. The summed E-state index contributed by atoms with van der Waals surface area (Å²) >= 11 is 0. The van der Waals surface area contributed by atoms with E-state index in [9.17, 15) is 0 Å². The van der Waals surface area contributed by atoms with Gasteiger partial charge in [0.2, 0.25) is 0 Å². The Hall–Kier alpha value is -3.91. The summed E-state index contributed by atoms with van der Waals surface area (Å²) in [5.41, 5.74) is 4.97. The third-order valence-corrected chi connectivity index (χ3v) is 4.28. The highest BCUT2D eigenvalue weighted by molar-refractivity contribution is 5.80. The summed E-state index contributed by atoms with van der Waals surface area (Å²) in [5.74, 6) is 1.52. The maximum Gasteiger partial charge on any atom is 0.138 e. The van der Waals surface area contributed by atoms with Gasteiger partial charge in [0.25, 0.3) is 0 Å². The van der Waals surface area contributed by atoms with Gasteiger partial charge in [0.05, 0.1) is 35.8 Å². The molecule has 2 heterocycles. The Morgan fingerprint density at radius 2 is 1.67 bits per heavy atom. The summed E-state index contributed by atoms with van der Waals surface area (Å²) in [4.78, 5) is 12.7. The van der Waals surface area contributed by atoms with Crippen molar-refractivity contribution in [2.24, 2.45) is 0 Å². The maximum atomic E-state index is 9.00. The van der Waals surface area contributed by atoms with E-state index >= 15 is 0 Å². The lowest BCUT2D eigenvalue weighted by Gasteiger charge is -2.04. The number of methoxy groups -OCH3 is 1. The number of nitriles is 1. The van der Waals surface area contributed by atoms with Gasteiger partial charge in [-0.15, -0.1) is 0 Å². The number of nitrogens with one attached hydrogen (secondary N) is 1. The van der Waals surface area contributed by atoms with Crippen molar-refractivity contribution in [1.82, 2.24) is 15.0 Å². The highest BCUT2D eigenvalue weighted by atomic mass is 16.5. The second kappa shape index (κ2) is 7.14. The van der Waals surface area contributed by atoms with E-state index in [2.05, 4.69) is 16.0 Å². The lowest BCUT2D eigenvalue weighted by atomic mass is 10.1. The molecule has 1 N–H and O–H groups in total. The normalized spacial score (nSPS) is 10.4. The monoisotopic (exact) mass is 352 g/mol. The Balaban J connectivity index is 1.85. The minimum Gasteiger partial charge on any atom is -0.497 e. The van der Waals surface area contributed by atoms with Gasteiger partial charge in [0.15, 0.2) is 0 Å². The smallest absolute Gasteiger partial charge is 0.138 e.